The maximum Gasteiger partial charge on any atom is 0.411 e. The van der Waals surface area contributed by atoms with E-state index >= 15 is 0 Å². The summed E-state index contributed by atoms with van der Waals surface area (Å²) in [7, 11) is 0.705. The largest absolute Gasteiger partial charge is 0.481 e. The number of carboxylic acids is 3. The number of para-hydroxylation sites is 1. The molecule has 0 bridgehead atoms. The summed E-state index contributed by atoms with van der Waals surface area (Å²) in [6.07, 6.45) is 5.06. The monoisotopic (exact) mass is 1830 g/mol. The van der Waals surface area contributed by atoms with Gasteiger partial charge in [-0.2, -0.15) is 12.7 Å². The third kappa shape index (κ3) is 29.9. The average molecular weight is 1830 g/mol. The second kappa shape index (κ2) is 48.9. The number of hydrogen-bond donors (Lipinski definition) is 10. The molecule has 0 amide bonds. The van der Waals surface area contributed by atoms with Crippen LogP contribution in [0.3, 0.4) is 0 Å². The van der Waals surface area contributed by atoms with E-state index in [1.54, 1.807) is 73.9 Å². The molecule has 11 rings (SSSR count). The Hall–Kier alpha value is -11.8. The molecule has 0 spiro atoms. The highest BCUT2D eigenvalue weighted by Crippen LogP contribution is 2.42. The van der Waals surface area contributed by atoms with Crippen LogP contribution >= 0.6 is 0 Å². The molecule has 8 atom stereocenters. The van der Waals surface area contributed by atoms with E-state index in [0.29, 0.717) is 35.5 Å². The number of aliphatic hydroxyl groups is 7. The van der Waals surface area contributed by atoms with Gasteiger partial charge in [-0.3, -0.25) is 29.1 Å². The average Bonchev–Trinajstić information content (AvgIpc) is 0.951. The summed E-state index contributed by atoms with van der Waals surface area (Å²) in [4.78, 5) is 58.6. The third-order valence-corrected chi connectivity index (χ3v) is 22.4. The zero-order valence-corrected chi connectivity index (χ0v) is 76.8. The molecule has 1 aliphatic rings. The van der Waals surface area contributed by atoms with Crippen molar-refractivity contribution >= 4 is 75.1 Å². The Morgan fingerprint density at radius 1 is 0.534 bits per heavy atom. The van der Waals surface area contributed by atoms with Crippen molar-refractivity contribution < 1.29 is 115 Å². The number of pyridine rings is 2. The van der Waals surface area contributed by atoms with Crippen LogP contribution in [-0.4, -0.2) is 179 Å². The lowest BCUT2D eigenvalue weighted by atomic mass is 9.87. The molecule has 25 nitrogen and oxygen atoms in total. The van der Waals surface area contributed by atoms with Gasteiger partial charge in [0.2, 0.25) is 0 Å². The number of rotatable bonds is 36. The molecule has 6 aromatic carbocycles. The Morgan fingerprint density at radius 3 is 1.42 bits per heavy atom. The number of esters is 1. The van der Waals surface area contributed by atoms with Crippen LogP contribution in [0.2, 0.25) is 0 Å². The minimum absolute atomic E-state index is 0.0236. The molecule has 10 aromatic rings. The van der Waals surface area contributed by atoms with Crippen LogP contribution in [0.15, 0.2) is 182 Å². The summed E-state index contributed by atoms with van der Waals surface area (Å²) in [5, 5.41) is 98.0. The number of halogens is 4. The van der Waals surface area contributed by atoms with Gasteiger partial charge < -0.3 is 69.8 Å². The summed E-state index contributed by atoms with van der Waals surface area (Å²) >= 11 is 0. The number of cyclic esters (lactones) is 1. The molecule has 4 unspecified atom stereocenters. The van der Waals surface area contributed by atoms with Crippen LogP contribution in [0.4, 0.5) is 23.5 Å². The molecule has 0 aliphatic carbocycles. The minimum atomic E-state index is -3.71. The number of sulfonamides is 1. The van der Waals surface area contributed by atoms with Gasteiger partial charge in [0.15, 0.2) is 6.73 Å². The number of aromatic nitrogens is 5. The number of carbonyl (C=O) groups excluding carboxylic acids is 1. The zero-order valence-electron chi connectivity index (χ0n) is 76.0. The topological polar surface area (TPSA) is 383 Å². The number of aliphatic hydroxyl groups excluding tert-OH is 7. The van der Waals surface area contributed by atoms with E-state index in [0.717, 1.165) is 106 Å². The number of hydrogen-bond acceptors (Lipinski definition) is 19. The van der Waals surface area contributed by atoms with Gasteiger partial charge in [0.05, 0.1) is 111 Å². The summed E-state index contributed by atoms with van der Waals surface area (Å²) in [6, 6.07) is 44.5. The second-order valence-electron chi connectivity index (χ2n) is 33.5. The number of nitrogens with zero attached hydrogens (tertiary/aromatic N) is 6. The first-order valence-electron chi connectivity index (χ1n) is 43.1. The number of methoxy groups -OCH3 is 2. The van der Waals surface area contributed by atoms with Gasteiger partial charge in [-0.25, -0.2) is 22.1 Å². The van der Waals surface area contributed by atoms with E-state index in [-0.39, 0.29) is 85.5 Å². The van der Waals surface area contributed by atoms with Crippen molar-refractivity contribution in [1.82, 2.24) is 19.5 Å². The molecular weight excluding hydrogens is 1710 g/mol. The Kier molecular flexibility index (Phi) is 39.0. The Morgan fingerprint density at radius 2 is 0.969 bits per heavy atom. The smallest absolute Gasteiger partial charge is 0.411 e. The van der Waals surface area contributed by atoms with E-state index in [1.807, 2.05) is 94.4 Å². The van der Waals surface area contributed by atoms with Crippen molar-refractivity contribution in [2.45, 2.75) is 212 Å². The Bertz CT molecular complexity index is 5750. The lowest BCUT2D eigenvalue weighted by Gasteiger charge is -2.24. The maximum atomic E-state index is 13.7. The second-order valence-corrected chi connectivity index (χ2v) is 35.6. The normalized spacial score (nSPS) is 15.1. The number of ether oxygens (including phenoxy) is 3. The van der Waals surface area contributed by atoms with E-state index in [9.17, 15) is 80.9 Å². The van der Waals surface area contributed by atoms with Crippen LogP contribution in [0.25, 0.3) is 91.1 Å². The van der Waals surface area contributed by atoms with Crippen molar-refractivity contribution in [2.75, 3.05) is 31.8 Å². The van der Waals surface area contributed by atoms with E-state index in [1.165, 1.54) is 91.5 Å². The van der Waals surface area contributed by atoms with Gasteiger partial charge in [-0.1, -0.05) is 176 Å². The van der Waals surface area contributed by atoms with Crippen molar-refractivity contribution in [2.24, 2.45) is 0 Å². The predicted octanol–water partition coefficient (Wildman–Crippen LogP) is 17.2. The maximum absolute atomic E-state index is 13.7. The molecule has 700 valence electrons. The Balaban J connectivity index is 0.000000216. The van der Waals surface area contributed by atoms with Gasteiger partial charge in [-0.05, 0) is 150 Å². The summed E-state index contributed by atoms with van der Waals surface area (Å²) in [5.74, 6) is -5.03. The highest BCUT2D eigenvalue weighted by molar-refractivity contribution is 7.92. The summed E-state index contributed by atoms with van der Waals surface area (Å²) in [5.41, 5.74) is 16.1. The fraction of sp³-hybridized carbons (Fsp3) is 0.366. The number of carbonyl (C=O) groups is 4. The third-order valence-electron chi connectivity index (χ3n) is 21.2. The predicted molar refractivity (Wildman–Crippen MR) is 497 cm³/mol. The highest BCUT2D eigenvalue weighted by atomic mass is 32.2. The SMILES string of the molecule is CC(C)c1nc(-c2ccccc2)cc(-c2ccc(F)cc2)c1/C=C/C1C[C@@H](O)CC(=O)O1.CC(C)n1c(/C=C/C(O)C[C@@H](O)CC(=O)O)c(-c2ccc(F)cc2)c2ccccc21.COC[n+]1c(N(C)S(C)(=O)=O)nc(C(C)C)c(/C=C/C(O)C[C@@H](O)CC(=O)O)c1-c1ccc(F)cc1.COCc1c(C(C)C)nc(C(C)C)c(/C=C/C(O)C[C@@H](O)CC(=O)O)c1-c1ccc(F)cc1. The van der Waals surface area contributed by atoms with Gasteiger partial charge in [-0.15, -0.1) is 0 Å². The lowest BCUT2D eigenvalue weighted by molar-refractivity contribution is -0.711. The molecule has 5 heterocycles. The molecule has 10 N–H and O–H groups in total. The Labute approximate surface area is 761 Å². The van der Waals surface area contributed by atoms with E-state index < -0.39 is 108 Å². The first-order chi connectivity index (χ1) is 62.0. The van der Waals surface area contributed by atoms with Gasteiger partial charge in [0.1, 0.15) is 40.8 Å². The quantitative estimate of drug-likeness (QED) is 0.00990. The van der Waals surface area contributed by atoms with Crippen molar-refractivity contribution in [3.8, 4) is 55.9 Å². The molecule has 1 saturated heterocycles. The lowest BCUT2D eigenvalue weighted by Crippen LogP contribution is -2.47. The van der Waals surface area contributed by atoms with Crippen molar-refractivity contribution in [1.29, 1.82) is 0 Å². The van der Waals surface area contributed by atoms with Crippen LogP contribution in [0.1, 0.15) is 201 Å². The van der Waals surface area contributed by atoms with Gasteiger partial charge >= 0.3 is 29.8 Å². The summed E-state index contributed by atoms with van der Waals surface area (Å²) < 4.78 is 100. The molecule has 1 fully saturated rings. The molecular formula is C101H119F4N6O19S+. The molecule has 30 heteroatoms. The molecule has 1 aliphatic heterocycles. The molecule has 0 radical (unpaired) electrons. The molecule has 0 saturated carbocycles. The number of benzene rings is 6. The van der Waals surface area contributed by atoms with Crippen LogP contribution in [0.5, 0.6) is 0 Å². The molecule has 131 heavy (non-hydrogen) atoms. The zero-order chi connectivity index (χ0) is 96.4. The van der Waals surface area contributed by atoms with Crippen LogP contribution in [0, 0.1) is 23.3 Å². The van der Waals surface area contributed by atoms with E-state index in [4.69, 9.17) is 39.5 Å². The highest BCUT2D eigenvalue weighted by Gasteiger charge is 2.35. The number of aliphatic carboxylic acids is 3. The number of carboxylic acid groups (broad SMARTS) is 3. The first kappa shape index (κ1) is 105. The van der Waals surface area contributed by atoms with Gasteiger partial charge in [0, 0.05) is 108 Å². The number of anilines is 1. The molecule has 4 aromatic heterocycles. The van der Waals surface area contributed by atoms with Crippen molar-refractivity contribution in [3.63, 3.8) is 0 Å². The summed E-state index contributed by atoms with van der Waals surface area (Å²) in [6.45, 7) is 20.4. The fourth-order valence-electron chi connectivity index (χ4n) is 15.2. The standard InChI is InChI=1S/C27H26FNO3.C26H34FNO5.C24H32FN3O7S.C24H26FNO4/c1-17(2)27-23(13-12-22-14-21(30)15-26(31)32-22)24(18-8-10-20(28)11-9-18)16-25(29-27)19-6-4-3-5-7-19;1-15(2)25-21(11-10-19(29)12-20(30)13-23(31)32)24(17-6-8-18(27)9-7-17)22(14-33-5)26(28-25)16(3)4;1-15(2)22-20(11-10-18(29)12-19(30)13-21(31)32)23(16-6-8-17(25)9-7-16)28(14-35-4)24(26-22)27(3)36(5,33)34;1-15(2)26-21-6-4-3-5-20(21)24(16-7-9-17(25)10-8-16)22(26)12-11-18(27)13-19(28)14-23(29)30/h3-13,16-17,21-22,30H,14-15H2,1-2H3;6-11,15-16,19-20,29-30H,12-14H2,1-5H3,(H,31,32);6-11,15,18-19,29-30H,12-14H2,1-5H3;3-12,15,18-19,27-28H,13-14H2,1-2H3,(H,29,30)/p+1/b13-12+;2*11-10+;12-11+/t21-,22?;19?,20-;2*18?,19-/m1111/s1. The van der Waals surface area contributed by atoms with Crippen LogP contribution in [-0.2, 0) is 56.7 Å². The fourth-order valence-corrected chi connectivity index (χ4v) is 15.6. The van der Waals surface area contributed by atoms with Crippen LogP contribution < -0.4 is 8.87 Å². The minimum Gasteiger partial charge on any atom is -0.481 e. The van der Waals surface area contributed by atoms with Gasteiger partial charge in [0.25, 0.3) is 10.0 Å². The van der Waals surface area contributed by atoms with Crippen molar-refractivity contribution in [3.05, 3.63) is 256 Å². The number of fused-ring (bicyclic) bond motifs is 1. The first-order valence-corrected chi connectivity index (χ1v) is 44.9. The van der Waals surface area contributed by atoms with E-state index in [2.05, 4.69) is 51.1 Å².